The molecule has 2 aromatic rings. The van der Waals surface area contributed by atoms with E-state index >= 15 is 0 Å². The van der Waals surface area contributed by atoms with E-state index < -0.39 is 0 Å². The fourth-order valence-corrected chi connectivity index (χ4v) is 1.87. The first-order valence-corrected chi connectivity index (χ1v) is 4.86. The summed E-state index contributed by atoms with van der Waals surface area (Å²) in [6.07, 6.45) is 0. The van der Waals surface area contributed by atoms with Crippen LogP contribution in [0.2, 0.25) is 0 Å². The van der Waals surface area contributed by atoms with E-state index in [9.17, 15) is 4.79 Å². The number of hydrogen-bond acceptors (Lipinski definition) is 2. The molecular weight excluding hydrogens is 246 g/mol. The summed E-state index contributed by atoms with van der Waals surface area (Å²) < 4.78 is 5.93. The zero-order chi connectivity index (χ0) is 10.1. The van der Waals surface area contributed by atoms with Crippen LogP contribution >= 0.6 is 15.9 Å². The van der Waals surface area contributed by atoms with E-state index in [0.29, 0.717) is 0 Å². The maximum absolute atomic E-state index is 11.1. The lowest BCUT2D eigenvalue weighted by Gasteiger charge is -2.04. The van der Waals surface area contributed by atoms with Gasteiger partial charge in [-0.05, 0) is 34.1 Å². The molecule has 1 heterocycles. The van der Waals surface area contributed by atoms with E-state index in [1.807, 2.05) is 12.1 Å². The van der Waals surface area contributed by atoms with Crippen molar-refractivity contribution in [1.29, 1.82) is 0 Å². The molecule has 0 saturated carbocycles. The van der Waals surface area contributed by atoms with Crippen LogP contribution < -0.4 is 10.3 Å². The highest BCUT2D eigenvalue weighted by Crippen LogP contribution is 2.26. The Hall–Kier alpha value is -1.29. The van der Waals surface area contributed by atoms with Crippen molar-refractivity contribution in [1.82, 2.24) is 4.98 Å². The Morgan fingerprint density at radius 1 is 1.36 bits per heavy atom. The van der Waals surface area contributed by atoms with Gasteiger partial charge in [0.25, 0.3) is 0 Å². The summed E-state index contributed by atoms with van der Waals surface area (Å²) in [5, 5.41) is 0.941. The van der Waals surface area contributed by atoms with Gasteiger partial charge in [-0.2, -0.15) is 0 Å². The number of aromatic amines is 1. The Kier molecular flexibility index (Phi) is 2.29. The summed E-state index contributed by atoms with van der Waals surface area (Å²) in [5.41, 5.74) is 0.682. The maximum Gasteiger partial charge on any atom is 0.248 e. The van der Waals surface area contributed by atoms with Gasteiger partial charge in [-0.3, -0.25) is 4.79 Å². The predicted octanol–water partition coefficient (Wildman–Crippen LogP) is 2.30. The zero-order valence-corrected chi connectivity index (χ0v) is 9.09. The van der Waals surface area contributed by atoms with Crippen molar-refractivity contribution in [2.24, 2.45) is 0 Å². The minimum atomic E-state index is -0.108. The molecule has 0 saturated heterocycles. The lowest BCUT2D eigenvalue weighted by molar-refractivity contribution is 0.415. The molecular formula is C10H8BrNO2. The quantitative estimate of drug-likeness (QED) is 0.848. The van der Waals surface area contributed by atoms with E-state index in [1.54, 1.807) is 13.2 Å². The molecule has 2 rings (SSSR count). The average molecular weight is 254 g/mol. The van der Waals surface area contributed by atoms with Gasteiger partial charge in [0, 0.05) is 15.9 Å². The van der Waals surface area contributed by atoms with Gasteiger partial charge in [0.05, 0.1) is 12.6 Å². The Labute approximate surface area is 88.8 Å². The Balaban J connectivity index is 2.83. The number of nitrogens with one attached hydrogen (secondary N) is 1. The minimum Gasteiger partial charge on any atom is -0.497 e. The van der Waals surface area contributed by atoms with Crippen molar-refractivity contribution in [3.8, 4) is 5.75 Å². The van der Waals surface area contributed by atoms with E-state index in [-0.39, 0.29) is 5.56 Å². The second kappa shape index (κ2) is 3.46. The molecule has 1 aromatic carbocycles. The Bertz CT molecular complexity index is 533. The smallest absolute Gasteiger partial charge is 0.248 e. The topological polar surface area (TPSA) is 42.1 Å². The number of fused-ring (bicyclic) bond motifs is 1. The Morgan fingerprint density at radius 2 is 2.14 bits per heavy atom. The fourth-order valence-electron chi connectivity index (χ4n) is 1.31. The van der Waals surface area contributed by atoms with Crippen LogP contribution in [0.5, 0.6) is 5.75 Å². The number of methoxy groups -OCH3 is 1. The van der Waals surface area contributed by atoms with Gasteiger partial charge in [-0.15, -0.1) is 0 Å². The number of rotatable bonds is 1. The molecule has 72 valence electrons. The van der Waals surface area contributed by atoms with Gasteiger partial charge in [0.15, 0.2) is 0 Å². The van der Waals surface area contributed by atoms with Crippen LogP contribution in [0.25, 0.3) is 10.9 Å². The second-order valence-corrected chi connectivity index (χ2v) is 3.75. The molecule has 0 aliphatic carbocycles. The third-order valence-corrected chi connectivity index (χ3v) is 2.62. The van der Waals surface area contributed by atoms with E-state index in [2.05, 4.69) is 20.9 Å². The summed E-state index contributed by atoms with van der Waals surface area (Å²) in [4.78, 5) is 13.8. The van der Waals surface area contributed by atoms with Crippen LogP contribution in [-0.2, 0) is 0 Å². The number of H-pyrrole nitrogens is 1. The molecule has 0 aliphatic heterocycles. The van der Waals surface area contributed by atoms with Crippen LogP contribution in [0, 0.1) is 0 Å². The van der Waals surface area contributed by atoms with Crippen molar-refractivity contribution in [3.05, 3.63) is 39.1 Å². The van der Waals surface area contributed by atoms with Gasteiger partial charge >= 0.3 is 0 Å². The number of ether oxygens (including phenoxy) is 1. The zero-order valence-electron chi connectivity index (χ0n) is 7.50. The summed E-state index contributed by atoms with van der Waals surface area (Å²) in [6.45, 7) is 0. The summed E-state index contributed by atoms with van der Waals surface area (Å²) in [5.74, 6) is 0.761. The highest BCUT2D eigenvalue weighted by Gasteiger charge is 2.02. The fraction of sp³-hybridized carbons (Fsp3) is 0.100. The molecule has 14 heavy (non-hydrogen) atoms. The minimum absolute atomic E-state index is 0.108. The summed E-state index contributed by atoms with van der Waals surface area (Å²) in [7, 11) is 1.61. The molecule has 1 N–H and O–H groups in total. The highest BCUT2D eigenvalue weighted by atomic mass is 79.9. The van der Waals surface area contributed by atoms with Gasteiger partial charge in [0.1, 0.15) is 5.75 Å². The van der Waals surface area contributed by atoms with Gasteiger partial charge < -0.3 is 9.72 Å². The van der Waals surface area contributed by atoms with Crippen molar-refractivity contribution >= 4 is 26.8 Å². The van der Waals surface area contributed by atoms with E-state index in [0.717, 1.165) is 21.1 Å². The first-order chi connectivity index (χ1) is 6.70. The standard InChI is InChI=1S/C10H8BrNO2/c1-14-7-4-6-2-3-9(13)12-10(6)8(11)5-7/h2-5H,1H3,(H,12,13). The summed E-state index contributed by atoms with van der Waals surface area (Å²) >= 11 is 3.37. The van der Waals surface area contributed by atoms with Crippen molar-refractivity contribution in [3.63, 3.8) is 0 Å². The van der Waals surface area contributed by atoms with Crippen LogP contribution in [-0.4, -0.2) is 12.1 Å². The molecule has 0 bridgehead atoms. The second-order valence-electron chi connectivity index (χ2n) is 2.90. The first kappa shape index (κ1) is 9.27. The van der Waals surface area contributed by atoms with Crippen LogP contribution in [0.3, 0.4) is 0 Å². The molecule has 0 amide bonds. The lowest BCUT2D eigenvalue weighted by atomic mass is 10.2. The SMILES string of the molecule is COc1cc(Br)c2[nH]c(=O)ccc2c1. The van der Waals surface area contributed by atoms with Crippen molar-refractivity contribution < 1.29 is 4.74 Å². The number of pyridine rings is 1. The maximum atomic E-state index is 11.1. The molecule has 0 fully saturated rings. The normalized spacial score (nSPS) is 10.4. The molecule has 0 unspecified atom stereocenters. The van der Waals surface area contributed by atoms with Crippen LogP contribution in [0.1, 0.15) is 0 Å². The van der Waals surface area contributed by atoms with E-state index in [1.165, 1.54) is 6.07 Å². The molecule has 1 aromatic heterocycles. The summed E-state index contributed by atoms with van der Waals surface area (Å²) in [6, 6.07) is 6.95. The number of halogens is 1. The van der Waals surface area contributed by atoms with Crippen LogP contribution in [0.4, 0.5) is 0 Å². The van der Waals surface area contributed by atoms with Crippen molar-refractivity contribution in [2.45, 2.75) is 0 Å². The molecule has 0 atom stereocenters. The van der Waals surface area contributed by atoms with Gasteiger partial charge in [0.2, 0.25) is 5.56 Å². The number of benzene rings is 1. The number of hydrogen-bond donors (Lipinski definition) is 1. The molecule has 0 spiro atoms. The van der Waals surface area contributed by atoms with E-state index in [4.69, 9.17) is 4.74 Å². The Morgan fingerprint density at radius 3 is 2.86 bits per heavy atom. The monoisotopic (exact) mass is 253 g/mol. The lowest BCUT2D eigenvalue weighted by Crippen LogP contribution is -2.02. The largest absolute Gasteiger partial charge is 0.497 e. The third-order valence-electron chi connectivity index (χ3n) is 1.99. The van der Waals surface area contributed by atoms with Crippen molar-refractivity contribution in [2.75, 3.05) is 7.11 Å². The average Bonchev–Trinajstić information content (AvgIpc) is 2.19. The third kappa shape index (κ3) is 1.53. The molecule has 0 aliphatic rings. The van der Waals surface area contributed by atoms with Gasteiger partial charge in [-0.25, -0.2) is 0 Å². The molecule has 4 heteroatoms. The highest BCUT2D eigenvalue weighted by molar-refractivity contribution is 9.10. The molecule has 0 radical (unpaired) electrons. The van der Waals surface area contributed by atoms with Gasteiger partial charge in [-0.1, -0.05) is 0 Å². The van der Waals surface area contributed by atoms with Crippen LogP contribution in [0.15, 0.2) is 33.5 Å². The first-order valence-electron chi connectivity index (χ1n) is 4.07. The predicted molar refractivity (Wildman–Crippen MR) is 58.8 cm³/mol. The molecule has 3 nitrogen and oxygen atoms in total. The number of aromatic nitrogens is 1.